The quantitative estimate of drug-likeness (QED) is 0.454. The van der Waals surface area contributed by atoms with Gasteiger partial charge in [-0.3, -0.25) is 10.3 Å². The Morgan fingerprint density at radius 2 is 1.96 bits per heavy atom. The monoisotopic (exact) mass is 373 g/mol. The number of nitrogens with zero attached hydrogens (tertiary/aromatic N) is 3. The molecule has 1 fully saturated rings. The Morgan fingerprint density at radius 1 is 1.23 bits per heavy atom. The summed E-state index contributed by atoms with van der Waals surface area (Å²) in [5.41, 5.74) is 9.05. The highest BCUT2D eigenvalue weighted by Crippen LogP contribution is 2.21. The number of rotatable bonds is 6. The van der Waals surface area contributed by atoms with Crippen LogP contribution < -0.4 is 20.8 Å². The molecule has 0 unspecified atom stereocenters. The lowest BCUT2D eigenvalue weighted by Gasteiger charge is -2.35. The van der Waals surface area contributed by atoms with Crippen LogP contribution in [-0.2, 0) is 6.54 Å². The number of hydrogen-bond donors (Lipinski definition) is 2. The van der Waals surface area contributed by atoms with Crippen molar-refractivity contribution in [1.29, 1.82) is 0 Å². The molecule has 0 bridgehead atoms. The molecule has 1 aromatic heterocycles. The number of thiocarbonyl (C=S) groups is 1. The zero-order valence-electron chi connectivity index (χ0n) is 14.7. The Morgan fingerprint density at radius 3 is 2.62 bits per heavy atom. The number of anilines is 1. The third-order valence-electron chi connectivity index (χ3n) is 4.24. The van der Waals surface area contributed by atoms with Crippen LogP contribution in [0.5, 0.6) is 5.75 Å². The van der Waals surface area contributed by atoms with Gasteiger partial charge in [-0.15, -0.1) is 0 Å². The number of furan rings is 1. The maximum Gasteiger partial charge on any atom is 0.184 e. The smallest absolute Gasteiger partial charge is 0.184 e. The molecular weight excluding hydrogens is 350 g/mol. The molecule has 26 heavy (non-hydrogen) atoms. The molecule has 7 nitrogen and oxygen atoms in total. The highest BCUT2D eigenvalue weighted by molar-refractivity contribution is 7.80. The van der Waals surface area contributed by atoms with Crippen molar-refractivity contribution in [2.75, 3.05) is 38.2 Å². The van der Waals surface area contributed by atoms with Crippen LogP contribution in [0.3, 0.4) is 0 Å². The molecule has 1 aromatic carbocycles. The van der Waals surface area contributed by atoms with Gasteiger partial charge in [0.15, 0.2) is 5.11 Å². The van der Waals surface area contributed by atoms with Crippen LogP contribution in [0.1, 0.15) is 11.5 Å². The van der Waals surface area contributed by atoms with Gasteiger partial charge in [-0.25, -0.2) is 0 Å². The maximum atomic E-state index is 5.76. The first kappa shape index (κ1) is 18.2. The van der Waals surface area contributed by atoms with Crippen molar-refractivity contribution in [1.82, 2.24) is 10.3 Å². The molecular formula is C18H23N5O2S. The molecule has 1 saturated heterocycles. The number of methoxy groups -OCH3 is 1. The van der Waals surface area contributed by atoms with Crippen molar-refractivity contribution in [3.8, 4) is 5.75 Å². The van der Waals surface area contributed by atoms with Crippen molar-refractivity contribution in [2.24, 2.45) is 10.8 Å². The predicted octanol–water partition coefficient (Wildman–Crippen LogP) is 1.78. The van der Waals surface area contributed by atoms with Gasteiger partial charge in [0, 0.05) is 31.9 Å². The van der Waals surface area contributed by atoms with Crippen molar-refractivity contribution in [3.05, 3.63) is 47.9 Å². The first-order chi connectivity index (χ1) is 12.6. The summed E-state index contributed by atoms with van der Waals surface area (Å²) in [6, 6.07) is 12.1. The number of hydrogen-bond acceptors (Lipinski definition) is 6. The lowest BCUT2D eigenvalue weighted by molar-refractivity contribution is 0.230. The summed E-state index contributed by atoms with van der Waals surface area (Å²) in [6.45, 7) is 4.73. The summed E-state index contributed by atoms with van der Waals surface area (Å²) in [7, 11) is 1.68. The van der Waals surface area contributed by atoms with Crippen LogP contribution in [0, 0.1) is 0 Å². The fraction of sp³-hybridized carbons (Fsp3) is 0.333. The maximum absolute atomic E-state index is 5.76. The standard InChI is InChI=1S/C18H23N5O2S/c1-24-15-4-2-14(3-5-15)23-10-8-22(9-11-23)13-17-7-6-16(25-17)12-20-21-18(19)26/h2-7,12H,8-11,13H2,1H3,(H3,19,21,26). The first-order valence-corrected chi connectivity index (χ1v) is 8.83. The van der Waals surface area contributed by atoms with Gasteiger partial charge in [0.1, 0.15) is 17.3 Å². The Hall–Kier alpha value is -2.58. The van der Waals surface area contributed by atoms with E-state index < -0.39 is 0 Å². The number of hydrazone groups is 1. The molecule has 2 aromatic rings. The SMILES string of the molecule is COc1ccc(N2CCN(Cc3ccc(C=NNC(N)=S)o3)CC2)cc1. The molecule has 138 valence electrons. The molecule has 0 radical (unpaired) electrons. The largest absolute Gasteiger partial charge is 0.497 e. The van der Waals surface area contributed by atoms with Crippen LogP contribution in [0.4, 0.5) is 5.69 Å². The zero-order chi connectivity index (χ0) is 18.4. The summed E-state index contributed by atoms with van der Waals surface area (Å²) in [5.74, 6) is 2.47. The number of nitrogens with two attached hydrogens (primary N) is 1. The van der Waals surface area contributed by atoms with E-state index in [0.717, 1.165) is 44.2 Å². The molecule has 0 saturated carbocycles. The fourth-order valence-electron chi connectivity index (χ4n) is 2.89. The summed E-state index contributed by atoms with van der Waals surface area (Å²) >= 11 is 4.69. The van der Waals surface area contributed by atoms with E-state index in [4.69, 9.17) is 14.9 Å². The van der Waals surface area contributed by atoms with Gasteiger partial charge in [-0.1, -0.05) is 0 Å². The second kappa shape index (κ2) is 8.68. The Kier molecular flexibility index (Phi) is 6.08. The van der Waals surface area contributed by atoms with E-state index >= 15 is 0 Å². The van der Waals surface area contributed by atoms with Crippen LogP contribution in [0.25, 0.3) is 0 Å². The van der Waals surface area contributed by atoms with Gasteiger partial charge in [0.2, 0.25) is 0 Å². The van der Waals surface area contributed by atoms with E-state index in [1.54, 1.807) is 13.3 Å². The topological polar surface area (TPSA) is 79.3 Å². The second-order valence-electron chi connectivity index (χ2n) is 6.00. The van der Waals surface area contributed by atoms with Crippen LogP contribution >= 0.6 is 12.2 Å². The molecule has 0 atom stereocenters. The van der Waals surface area contributed by atoms with E-state index in [2.05, 4.69) is 44.7 Å². The molecule has 3 rings (SSSR count). The summed E-state index contributed by atoms with van der Waals surface area (Å²) in [6.07, 6.45) is 1.56. The molecule has 8 heteroatoms. The molecule has 3 N–H and O–H groups in total. The van der Waals surface area contributed by atoms with E-state index in [1.807, 2.05) is 24.3 Å². The Balaban J connectivity index is 1.48. The molecule has 0 spiro atoms. The van der Waals surface area contributed by atoms with Gasteiger partial charge in [0.25, 0.3) is 0 Å². The zero-order valence-corrected chi connectivity index (χ0v) is 15.5. The van der Waals surface area contributed by atoms with Gasteiger partial charge in [-0.05, 0) is 48.6 Å². The van der Waals surface area contributed by atoms with E-state index in [1.165, 1.54) is 5.69 Å². The molecule has 0 amide bonds. The minimum atomic E-state index is 0.128. The summed E-state index contributed by atoms with van der Waals surface area (Å²) in [4.78, 5) is 4.77. The average Bonchev–Trinajstić information content (AvgIpc) is 3.09. The lowest BCUT2D eigenvalue weighted by atomic mass is 10.2. The number of ether oxygens (including phenoxy) is 1. The molecule has 1 aliphatic heterocycles. The third kappa shape index (κ3) is 4.96. The highest BCUT2D eigenvalue weighted by atomic mass is 32.1. The van der Waals surface area contributed by atoms with Crippen molar-refractivity contribution in [2.45, 2.75) is 6.54 Å². The van der Waals surface area contributed by atoms with Crippen LogP contribution in [0.15, 0.2) is 45.9 Å². The van der Waals surface area contributed by atoms with Gasteiger partial charge in [-0.2, -0.15) is 5.10 Å². The third-order valence-corrected chi connectivity index (χ3v) is 4.33. The van der Waals surface area contributed by atoms with E-state index in [-0.39, 0.29) is 5.11 Å². The Bertz CT molecular complexity index is 751. The number of piperazine rings is 1. The lowest BCUT2D eigenvalue weighted by Crippen LogP contribution is -2.45. The number of nitrogens with one attached hydrogen (secondary N) is 1. The van der Waals surface area contributed by atoms with E-state index in [9.17, 15) is 0 Å². The van der Waals surface area contributed by atoms with Gasteiger partial charge in [0.05, 0.1) is 19.9 Å². The van der Waals surface area contributed by atoms with E-state index in [0.29, 0.717) is 5.76 Å². The summed E-state index contributed by atoms with van der Waals surface area (Å²) in [5, 5.41) is 4.02. The second-order valence-corrected chi connectivity index (χ2v) is 6.44. The minimum Gasteiger partial charge on any atom is -0.497 e. The molecule has 0 aliphatic carbocycles. The first-order valence-electron chi connectivity index (χ1n) is 8.42. The highest BCUT2D eigenvalue weighted by Gasteiger charge is 2.18. The van der Waals surface area contributed by atoms with Gasteiger partial charge < -0.3 is 19.8 Å². The minimum absolute atomic E-state index is 0.128. The molecule has 2 heterocycles. The van der Waals surface area contributed by atoms with Crippen molar-refractivity contribution >= 4 is 29.2 Å². The number of benzene rings is 1. The Labute approximate surface area is 158 Å². The molecule has 1 aliphatic rings. The van der Waals surface area contributed by atoms with Crippen LogP contribution in [0.2, 0.25) is 0 Å². The average molecular weight is 373 g/mol. The van der Waals surface area contributed by atoms with Crippen LogP contribution in [-0.4, -0.2) is 49.5 Å². The van der Waals surface area contributed by atoms with Crippen molar-refractivity contribution < 1.29 is 9.15 Å². The van der Waals surface area contributed by atoms with Crippen molar-refractivity contribution in [3.63, 3.8) is 0 Å². The van der Waals surface area contributed by atoms with Gasteiger partial charge >= 0.3 is 0 Å². The fourth-order valence-corrected chi connectivity index (χ4v) is 2.94. The predicted molar refractivity (Wildman–Crippen MR) is 107 cm³/mol. The summed E-state index contributed by atoms with van der Waals surface area (Å²) < 4.78 is 11.0. The normalized spacial score (nSPS) is 15.3.